The number of ether oxygens (including phenoxy) is 2. The molecule has 0 unspecified atom stereocenters. The van der Waals surface area contributed by atoms with Gasteiger partial charge in [-0.3, -0.25) is 4.68 Å². The lowest BCUT2D eigenvalue weighted by atomic mass is 9.39. The van der Waals surface area contributed by atoms with Crippen LogP contribution in [-0.2, 0) is 15.0 Å². The Hall–Kier alpha value is -2.42. The van der Waals surface area contributed by atoms with Gasteiger partial charge in [0.25, 0.3) is 0 Å². The first-order chi connectivity index (χ1) is 17.0. The van der Waals surface area contributed by atoms with Crippen LogP contribution in [0.3, 0.4) is 0 Å². The van der Waals surface area contributed by atoms with E-state index in [4.69, 9.17) is 26.1 Å². The average Bonchev–Trinajstić information content (AvgIpc) is 3.46. The van der Waals surface area contributed by atoms with Gasteiger partial charge in [0, 0.05) is 50.0 Å². The van der Waals surface area contributed by atoms with Gasteiger partial charge in [0.05, 0.1) is 45.9 Å². The van der Waals surface area contributed by atoms with E-state index in [0.29, 0.717) is 11.4 Å². The second kappa shape index (κ2) is 7.79. The van der Waals surface area contributed by atoms with Crippen LogP contribution in [0.2, 0.25) is 5.02 Å². The van der Waals surface area contributed by atoms with Crippen LogP contribution in [0.1, 0.15) is 44.9 Å². The standard InChI is InChI=1S/C26H31ClN6O2/c1-34-17-24-14-25(15-24,16-24)33-13-19(12-29-33)30-23-28-11-18-9-20(27)22(10-21(18)31-23)32-6-4-26(5-7-32)3-2-8-35-26/h9-13H,2-8,14-17H2,1H3,(H,28,30,31). The minimum absolute atomic E-state index is 0.0906. The second-order valence-electron chi connectivity index (χ2n) is 11.2. The van der Waals surface area contributed by atoms with Gasteiger partial charge in [-0.25, -0.2) is 9.97 Å². The molecule has 9 heteroatoms. The van der Waals surface area contributed by atoms with Crippen molar-refractivity contribution in [3.8, 4) is 0 Å². The Morgan fingerprint density at radius 2 is 1.97 bits per heavy atom. The highest BCUT2D eigenvalue weighted by Crippen LogP contribution is 2.71. The molecule has 8 nitrogen and oxygen atoms in total. The molecular weight excluding hydrogens is 464 g/mol. The monoisotopic (exact) mass is 494 g/mol. The predicted octanol–water partition coefficient (Wildman–Crippen LogP) is 4.90. The first-order valence-corrected chi connectivity index (χ1v) is 13.0. The molecule has 35 heavy (non-hydrogen) atoms. The van der Waals surface area contributed by atoms with Crippen molar-refractivity contribution in [2.75, 3.05) is 43.6 Å². The molecule has 2 saturated heterocycles. The molecule has 3 aliphatic carbocycles. The third-order valence-corrected chi connectivity index (χ3v) is 9.04. The van der Waals surface area contributed by atoms with Crippen molar-refractivity contribution in [2.45, 2.75) is 56.1 Å². The van der Waals surface area contributed by atoms with Crippen molar-refractivity contribution in [1.82, 2.24) is 19.7 Å². The zero-order valence-corrected chi connectivity index (χ0v) is 20.9. The number of methoxy groups -OCH3 is 1. The summed E-state index contributed by atoms with van der Waals surface area (Å²) in [5.41, 5.74) is 3.47. The summed E-state index contributed by atoms with van der Waals surface area (Å²) in [6.07, 6.45) is 13.7. The van der Waals surface area contributed by atoms with Gasteiger partial charge in [-0.1, -0.05) is 11.6 Å². The lowest BCUT2D eigenvalue weighted by molar-refractivity contribution is -0.217. The van der Waals surface area contributed by atoms with Crippen molar-refractivity contribution < 1.29 is 9.47 Å². The Morgan fingerprint density at radius 3 is 2.71 bits per heavy atom. The highest BCUT2D eigenvalue weighted by atomic mass is 35.5. The minimum Gasteiger partial charge on any atom is -0.384 e. The van der Waals surface area contributed by atoms with Crippen LogP contribution < -0.4 is 10.2 Å². The number of nitrogens with one attached hydrogen (secondary N) is 1. The van der Waals surface area contributed by atoms with Crippen LogP contribution in [0.4, 0.5) is 17.3 Å². The number of hydrogen-bond acceptors (Lipinski definition) is 7. The number of benzene rings is 1. The van der Waals surface area contributed by atoms with Crippen molar-refractivity contribution in [3.63, 3.8) is 0 Å². The highest BCUT2D eigenvalue weighted by Gasteiger charge is 2.69. The van der Waals surface area contributed by atoms with E-state index in [1.807, 2.05) is 18.5 Å². The fraction of sp³-hybridized carbons (Fsp3) is 0.577. The first-order valence-electron chi connectivity index (χ1n) is 12.7. The maximum Gasteiger partial charge on any atom is 0.227 e. The van der Waals surface area contributed by atoms with Gasteiger partial charge in [0.1, 0.15) is 0 Å². The molecule has 1 aromatic carbocycles. The van der Waals surface area contributed by atoms with Gasteiger partial charge in [-0.15, -0.1) is 0 Å². The van der Waals surface area contributed by atoms with E-state index in [9.17, 15) is 0 Å². The minimum atomic E-state index is 0.0906. The summed E-state index contributed by atoms with van der Waals surface area (Å²) in [6.45, 7) is 3.66. The number of fused-ring (bicyclic) bond motifs is 1. The summed E-state index contributed by atoms with van der Waals surface area (Å²) in [6, 6.07) is 4.07. The molecule has 2 bridgehead atoms. The molecule has 3 saturated carbocycles. The van der Waals surface area contributed by atoms with Crippen LogP contribution in [0.25, 0.3) is 10.9 Å². The second-order valence-corrected chi connectivity index (χ2v) is 11.6. The summed E-state index contributed by atoms with van der Waals surface area (Å²) in [5.74, 6) is 0.565. The Morgan fingerprint density at radius 1 is 1.14 bits per heavy atom. The summed E-state index contributed by atoms with van der Waals surface area (Å²) < 4.78 is 13.6. The van der Waals surface area contributed by atoms with Gasteiger partial charge in [0.2, 0.25) is 5.95 Å². The number of hydrogen-bond donors (Lipinski definition) is 1. The fourth-order valence-electron chi connectivity index (χ4n) is 7.06. The average molecular weight is 495 g/mol. The zero-order chi connectivity index (χ0) is 23.7. The van der Waals surface area contributed by atoms with Crippen LogP contribution in [0.5, 0.6) is 0 Å². The summed E-state index contributed by atoms with van der Waals surface area (Å²) >= 11 is 6.69. The molecule has 1 N–H and O–H groups in total. The number of piperidine rings is 1. The number of nitrogens with zero attached hydrogens (tertiary/aromatic N) is 5. The van der Waals surface area contributed by atoms with Crippen LogP contribution in [-0.4, -0.2) is 58.8 Å². The molecule has 3 aromatic rings. The first kappa shape index (κ1) is 21.8. The SMILES string of the molecule is COCC12CC(n3cc(Nc4ncc5cc(Cl)c(N6CCC7(CCCO7)CC6)cc5n4)cn3)(C1)C2. The van der Waals surface area contributed by atoms with E-state index < -0.39 is 0 Å². The Labute approximate surface area is 210 Å². The third-order valence-electron chi connectivity index (χ3n) is 8.74. The predicted molar refractivity (Wildman–Crippen MR) is 136 cm³/mol. The number of halogens is 1. The van der Waals surface area contributed by atoms with E-state index >= 15 is 0 Å². The molecule has 2 aliphatic heterocycles. The summed E-state index contributed by atoms with van der Waals surface area (Å²) in [4.78, 5) is 11.7. The largest absolute Gasteiger partial charge is 0.384 e. The highest BCUT2D eigenvalue weighted by molar-refractivity contribution is 6.34. The van der Waals surface area contributed by atoms with Gasteiger partial charge in [-0.2, -0.15) is 5.10 Å². The zero-order valence-electron chi connectivity index (χ0n) is 20.1. The lowest BCUT2D eigenvalue weighted by Crippen LogP contribution is -2.69. The van der Waals surface area contributed by atoms with Crippen molar-refractivity contribution in [1.29, 1.82) is 0 Å². The molecular formula is C26H31ClN6O2. The number of aromatic nitrogens is 4. The molecule has 0 radical (unpaired) electrons. The summed E-state index contributed by atoms with van der Waals surface area (Å²) in [5, 5.41) is 9.66. The Kier molecular flexibility index (Phi) is 4.86. The molecule has 0 atom stereocenters. The van der Waals surface area contributed by atoms with Crippen molar-refractivity contribution in [3.05, 3.63) is 35.7 Å². The van der Waals surface area contributed by atoms with Crippen molar-refractivity contribution in [2.24, 2.45) is 5.41 Å². The smallest absolute Gasteiger partial charge is 0.227 e. The Balaban J connectivity index is 1.07. The molecule has 5 fully saturated rings. The van der Waals surface area contributed by atoms with E-state index in [2.05, 4.69) is 37.2 Å². The third kappa shape index (κ3) is 3.52. The van der Waals surface area contributed by atoms with Gasteiger partial charge in [0.15, 0.2) is 0 Å². The van der Waals surface area contributed by atoms with Crippen LogP contribution in [0.15, 0.2) is 30.7 Å². The fourth-order valence-corrected chi connectivity index (χ4v) is 7.36. The van der Waals surface area contributed by atoms with Crippen LogP contribution >= 0.6 is 11.6 Å². The van der Waals surface area contributed by atoms with Crippen LogP contribution in [0, 0.1) is 5.41 Å². The van der Waals surface area contributed by atoms with E-state index in [1.165, 1.54) is 12.8 Å². The number of rotatable bonds is 6. The van der Waals surface area contributed by atoms with Gasteiger partial charge in [-0.05, 0) is 57.1 Å². The molecule has 184 valence electrons. The quantitative estimate of drug-likeness (QED) is 0.522. The molecule has 0 amide bonds. The maximum atomic E-state index is 6.69. The van der Waals surface area contributed by atoms with Gasteiger partial charge >= 0.3 is 0 Å². The Bertz CT molecular complexity index is 1260. The topological polar surface area (TPSA) is 77.3 Å². The van der Waals surface area contributed by atoms with E-state index in [0.717, 1.165) is 85.7 Å². The molecule has 5 aliphatic rings. The number of anilines is 3. The van der Waals surface area contributed by atoms with Gasteiger partial charge < -0.3 is 19.7 Å². The molecule has 2 aromatic heterocycles. The van der Waals surface area contributed by atoms with E-state index in [-0.39, 0.29) is 11.1 Å². The molecule has 1 spiro atoms. The molecule has 4 heterocycles. The molecule has 8 rings (SSSR count). The normalized spacial score (nSPS) is 28.8. The lowest BCUT2D eigenvalue weighted by Gasteiger charge is -2.70. The van der Waals surface area contributed by atoms with Crippen molar-refractivity contribution >= 4 is 39.8 Å². The summed E-state index contributed by atoms with van der Waals surface area (Å²) in [7, 11) is 1.79. The maximum absolute atomic E-state index is 6.69. The van der Waals surface area contributed by atoms with E-state index in [1.54, 1.807) is 7.11 Å².